The van der Waals surface area contributed by atoms with Gasteiger partial charge in [0.25, 0.3) is 0 Å². The average molecular weight is 511 g/mol. The molecule has 0 aliphatic heterocycles. The molecule has 0 radical (unpaired) electrons. The van der Waals surface area contributed by atoms with Crippen molar-refractivity contribution in [2.24, 2.45) is 11.8 Å². The van der Waals surface area contributed by atoms with Crippen molar-refractivity contribution in [3.05, 3.63) is 71.8 Å². The van der Waals surface area contributed by atoms with Crippen LogP contribution in [0.3, 0.4) is 0 Å². The average Bonchev–Trinajstić information content (AvgIpc) is 2.98. The molecule has 38 heavy (non-hydrogen) atoms. The van der Waals surface area contributed by atoms with Crippen molar-refractivity contribution in [2.75, 3.05) is 0 Å². The fourth-order valence-corrected chi connectivity index (χ4v) is 6.65. The van der Waals surface area contributed by atoms with Crippen LogP contribution >= 0.6 is 0 Å². The number of hydrogen-bond acceptors (Lipinski definition) is 0. The lowest BCUT2D eigenvalue weighted by atomic mass is 9.83. The minimum atomic E-state index is 0.916. The minimum absolute atomic E-state index is 0.916. The monoisotopic (exact) mass is 510 g/mol. The van der Waals surface area contributed by atoms with Crippen LogP contribution in [0.25, 0.3) is 22.3 Å². The third kappa shape index (κ3) is 9.00. The van der Waals surface area contributed by atoms with Crippen molar-refractivity contribution in [2.45, 2.75) is 129 Å². The van der Waals surface area contributed by atoms with E-state index in [4.69, 9.17) is 0 Å². The fraction of sp³-hybridized carbons (Fsp3) is 0.579. The van der Waals surface area contributed by atoms with Crippen LogP contribution < -0.4 is 0 Å². The fourth-order valence-electron chi connectivity index (χ4n) is 6.65. The van der Waals surface area contributed by atoms with Gasteiger partial charge in [-0.15, -0.1) is 0 Å². The van der Waals surface area contributed by atoms with Gasteiger partial charge < -0.3 is 0 Å². The Morgan fingerprint density at radius 1 is 0.474 bits per heavy atom. The van der Waals surface area contributed by atoms with Gasteiger partial charge in [-0.05, 0) is 83.8 Å². The first kappa shape index (κ1) is 28.9. The summed E-state index contributed by atoms with van der Waals surface area (Å²) in [4.78, 5) is 0. The van der Waals surface area contributed by atoms with Crippen molar-refractivity contribution >= 4 is 11.1 Å². The van der Waals surface area contributed by atoms with Crippen molar-refractivity contribution in [1.82, 2.24) is 0 Å². The molecule has 0 N–H and O–H groups in total. The molecule has 2 aliphatic rings. The third-order valence-electron chi connectivity index (χ3n) is 9.32. The van der Waals surface area contributed by atoms with E-state index in [1.807, 2.05) is 0 Å². The Hall–Kier alpha value is -2.08. The Labute approximate surface area is 235 Å². The molecule has 0 nitrogen and oxygen atoms in total. The highest BCUT2D eigenvalue weighted by atomic mass is 14.2. The van der Waals surface area contributed by atoms with Crippen molar-refractivity contribution in [1.29, 1.82) is 0 Å². The van der Waals surface area contributed by atoms with Crippen LogP contribution in [0.2, 0.25) is 0 Å². The van der Waals surface area contributed by atoms with Crippen LogP contribution in [0.5, 0.6) is 0 Å². The number of rotatable bonds is 15. The van der Waals surface area contributed by atoms with Gasteiger partial charge >= 0.3 is 0 Å². The van der Waals surface area contributed by atoms with Crippen LogP contribution in [0.1, 0.15) is 141 Å². The zero-order valence-electron chi connectivity index (χ0n) is 24.7. The van der Waals surface area contributed by atoms with E-state index >= 15 is 0 Å². The lowest BCUT2D eigenvalue weighted by Crippen LogP contribution is -2.05. The highest BCUT2D eigenvalue weighted by Crippen LogP contribution is 2.35. The van der Waals surface area contributed by atoms with E-state index in [-0.39, 0.29) is 0 Å². The van der Waals surface area contributed by atoms with E-state index < -0.39 is 0 Å². The van der Waals surface area contributed by atoms with Gasteiger partial charge in [0.1, 0.15) is 0 Å². The van der Waals surface area contributed by atoms with Gasteiger partial charge in [0.05, 0.1) is 0 Å². The summed E-state index contributed by atoms with van der Waals surface area (Å²) in [5.41, 5.74) is 8.67. The van der Waals surface area contributed by atoms with E-state index in [9.17, 15) is 0 Å². The largest absolute Gasteiger partial charge is 0.0804 e. The number of benzene rings is 2. The molecule has 2 atom stereocenters. The normalized spacial score (nSPS) is 19.7. The first-order valence-corrected chi connectivity index (χ1v) is 16.4. The first-order chi connectivity index (χ1) is 18.8. The topological polar surface area (TPSA) is 0 Å². The Morgan fingerprint density at radius 2 is 0.842 bits per heavy atom. The summed E-state index contributed by atoms with van der Waals surface area (Å²) < 4.78 is 0. The van der Waals surface area contributed by atoms with Crippen molar-refractivity contribution < 1.29 is 0 Å². The molecule has 206 valence electrons. The van der Waals surface area contributed by atoms with Crippen LogP contribution in [0.4, 0.5) is 0 Å². The van der Waals surface area contributed by atoms with Gasteiger partial charge in [-0.1, -0.05) is 152 Å². The molecule has 0 heterocycles. The minimum Gasteiger partial charge on any atom is -0.0804 e. The van der Waals surface area contributed by atoms with Gasteiger partial charge in [-0.25, -0.2) is 0 Å². The molecular weight excluding hydrogens is 456 g/mol. The first-order valence-electron chi connectivity index (χ1n) is 16.4. The molecule has 2 aliphatic carbocycles. The maximum Gasteiger partial charge on any atom is -0.0184 e. The summed E-state index contributed by atoms with van der Waals surface area (Å²) in [7, 11) is 0. The summed E-state index contributed by atoms with van der Waals surface area (Å²) in [5, 5.41) is 0. The molecule has 4 rings (SSSR count). The van der Waals surface area contributed by atoms with Gasteiger partial charge in [0.15, 0.2) is 0 Å². The maximum atomic E-state index is 2.54. The number of hydrogen-bond donors (Lipinski definition) is 0. The summed E-state index contributed by atoms with van der Waals surface area (Å²) in [6.45, 7) is 4.60. The van der Waals surface area contributed by atoms with E-state index in [1.165, 1.54) is 138 Å². The molecule has 0 fully saturated rings. The van der Waals surface area contributed by atoms with E-state index in [0.717, 1.165) is 11.8 Å². The highest BCUT2D eigenvalue weighted by Gasteiger charge is 2.17. The molecular formula is C38H54. The Kier molecular flexibility index (Phi) is 12.3. The molecule has 0 saturated carbocycles. The summed E-state index contributed by atoms with van der Waals surface area (Å²) in [6.07, 6.45) is 29.8. The van der Waals surface area contributed by atoms with Crippen molar-refractivity contribution in [3.8, 4) is 11.1 Å². The zero-order chi connectivity index (χ0) is 26.4. The second kappa shape index (κ2) is 16.1. The van der Waals surface area contributed by atoms with Crippen molar-refractivity contribution in [3.63, 3.8) is 0 Å². The summed E-state index contributed by atoms with van der Waals surface area (Å²) >= 11 is 0. The van der Waals surface area contributed by atoms with Crippen LogP contribution in [0.15, 0.2) is 60.7 Å². The Balaban J connectivity index is 1.24. The number of allylic oxidation sites excluding steroid dienone is 4. The molecule has 0 heteroatoms. The molecule has 0 bridgehead atoms. The zero-order valence-corrected chi connectivity index (χ0v) is 24.7. The van der Waals surface area contributed by atoms with Crippen LogP contribution in [-0.4, -0.2) is 0 Å². The molecule has 0 saturated heterocycles. The van der Waals surface area contributed by atoms with E-state index in [2.05, 4.69) is 74.5 Å². The predicted molar refractivity (Wildman–Crippen MR) is 169 cm³/mol. The highest BCUT2D eigenvalue weighted by molar-refractivity contribution is 5.73. The van der Waals surface area contributed by atoms with Gasteiger partial charge in [-0.3, -0.25) is 0 Å². The van der Waals surface area contributed by atoms with E-state index in [1.54, 1.807) is 11.1 Å². The maximum absolute atomic E-state index is 2.54. The van der Waals surface area contributed by atoms with Crippen LogP contribution in [-0.2, 0) is 0 Å². The number of unbranched alkanes of at least 4 members (excludes halogenated alkanes) is 8. The van der Waals surface area contributed by atoms with Crippen LogP contribution in [0, 0.1) is 11.8 Å². The molecule has 0 aromatic heterocycles. The smallest absolute Gasteiger partial charge is 0.0184 e. The van der Waals surface area contributed by atoms with Gasteiger partial charge in [0, 0.05) is 0 Å². The summed E-state index contributed by atoms with van der Waals surface area (Å²) in [5.74, 6) is 1.83. The summed E-state index contributed by atoms with van der Waals surface area (Å²) in [6, 6.07) is 18.7. The predicted octanol–water partition coefficient (Wildman–Crippen LogP) is 12.4. The van der Waals surface area contributed by atoms with Gasteiger partial charge in [-0.2, -0.15) is 0 Å². The molecule has 0 amide bonds. The molecule has 2 unspecified atom stereocenters. The molecule has 0 spiro atoms. The Bertz CT molecular complexity index is 904. The standard InChI is InChI=1S/C38H54/c1-3-5-7-9-11-13-31-15-19-33(20-16-31)35-23-27-37(28-24-35)38-29-25-36(26-30-38)34-21-17-32(18-22-34)14-12-10-8-6-4-2/h19,21,23-32H,3-18,20,22H2,1-2H3. The molecule has 2 aromatic carbocycles. The molecule has 2 aromatic rings. The Morgan fingerprint density at radius 3 is 1.18 bits per heavy atom. The second-order valence-electron chi connectivity index (χ2n) is 12.3. The third-order valence-corrected chi connectivity index (χ3v) is 9.32. The van der Waals surface area contributed by atoms with E-state index in [0.29, 0.717) is 0 Å². The lowest BCUT2D eigenvalue weighted by molar-refractivity contribution is 0.423. The quantitative estimate of drug-likeness (QED) is 0.209. The second-order valence-corrected chi connectivity index (χ2v) is 12.3. The SMILES string of the molecule is CCCCCCCC1CC=C(c2ccc(-c3ccc(C4=CCC(CCCCCCC)CC4)cc3)cc2)CC1. The lowest BCUT2D eigenvalue weighted by Gasteiger charge is -2.22. The van der Waals surface area contributed by atoms with Gasteiger partial charge in [0.2, 0.25) is 0 Å².